The lowest BCUT2D eigenvalue weighted by Gasteiger charge is -2.06. The van der Waals surface area contributed by atoms with E-state index in [0.717, 1.165) is 6.42 Å². The number of alkyl halides is 1. The minimum atomic E-state index is -0.738. The maximum Gasteiger partial charge on any atom is 0.305 e. The Morgan fingerprint density at radius 2 is 2.36 bits per heavy atom. The molecule has 4 heteroatoms. The van der Waals surface area contributed by atoms with E-state index < -0.39 is 6.10 Å². The van der Waals surface area contributed by atoms with Crippen LogP contribution in [0.5, 0.6) is 0 Å². The van der Waals surface area contributed by atoms with E-state index in [4.69, 9.17) is 16.7 Å². The second-order valence-corrected chi connectivity index (χ2v) is 2.55. The highest BCUT2D eigenvalue weighted by Crippen LogP contribution is 1.94. The van der Waals surface area contributed by atoms with Crippen molar-refractivity contribution in [2.45, 2.75) is 25.9 Å². The fourth-order valence-electron chi connectivity index (χ4n) is 0.510. The number of ether oxygens (including phenoxy) is 1. The van der Waals surface area contributed by atoms with Gasteiger partial charge in [-0.05, 0) is 6.42 Å². The first-order valence-corrected chi connectivity index (χ1v) is 4.13. The molecule has 0 bridgehead atoms. The Kier molecular flexibility index (Phi) is 6.27. The van der Waals surface area contributed by atoms with E-state index in [1.807, 2.05) is 6.92 Å². The van der Waals surface area contributed by atoms with Crippen LogP contribution < -0.4 is 0 Å². The zero-order valence-electron chi connectivity index (χ0n) is 6.55. The average molecular weight is 181 g/mol. The third-order valence-corrected chi connectivity index (χ3v) is 1.43. The zero-order valence-corrected chi connectivity index (χ0v) is 7.30. The molecule has 0 aromatic heterocycles. The summed E-state index contributed by atoms with van der Waals surface area (Å²) in [6.07, 6.45) is 0.419. The van der Waals surface area contributed by atoms with Gasteiger partial charge in [0.1, 0.15) is 12.7 Å². The summed E-state index contributed by atoms with van der Waals surface area (Å²) >= 11 is 5.27. The number of esters is 1. The fraction of sp³-hybridized carbons (Fsp3) is 0.857. The number of hydrogen-bond donors (Lipinski definition) is 1. The predicted molar refractivity (Wildman–Crippen MR) is 42.6 cm³/mol. The van der Waals surface area contributed by atoms with Gasteiger partial charge in [0.15, 0.2) is 0 Å². The first-order chi connectivity index (χ1) is 5.20. The molecule has 1 N–H and O–H groups in total. The van der Waals surface area contributed by atoms with Gasteiger partial charge in [-0.25, -0.2) is 0 Å². The first-order valence-electron chi connectivity index (χ1n) is 3.60. The monoisotopic (exact) mass is 180 g/mol. The highest BCUT2D eigenvalue weighted by molar-refractivity contribution is 6.18. The number of carbonyl (C=O) groups excluding carboxylic acids is 1. The van der Waals surface area contributed by atoms with Crippen molar-refractivity contribution in [3.8, 4) is 0 Å². The summed E-state index contributed by atoms with van der Waals surface area (Å²) in [7, 11) is 0. The molecule has 0 saturated carbocycles. The topological polar surface area (TPSA) is 46.5 Å². The summed E-state index contributed by atoms with van der Waals surface area (Å²) in [5.74, 6) is -0.184. The molecule has 0 aromatic carbocycles. The van der Waals surface area contributed by atoms with Crippen LogP contribution in [-0.2, 0) is 9.53 Å². The summed E-state index contributed by atoms with van der Waals surface area (Å²) in [6.45, 7) is 1.89. The van der Waals surface area contributed by atoms with Crippen LogP contribution in [0.3, 0.4) is 0 Å². The van der Waals surface area contributed by atoms with Crippen LogP contribution in [0.4, 0.5) is 0 Å². The molecule has 0 rings (SSSR count). The molecular weight excluding hydrogens is 168 g/mol. The molecule has 1 atom stereocenters. The standard InChI is InChI=1S/C7H13ClO3/c1-2-3-7(10)11-5-6(9)4-8/h6,9H,2-5H2,1H3/t6-/m1/s1. The Morgan fingerprint density at radius 1 is 1.73 bits per heavy atom. The van der Waals surface area contributed by atoms with Crippen LogP contribution in [-0.4, -0.2) is 29.7 Å². The lowest BCUT2D eigenvalue weighted by molar-refractivity contribution is -0.146. The molecule has 0 heterocycles. The van der Waals surface area contributed by atoms with Crippen molar-refractivity contribution >= 4 is 17.6 Å². The Bertz CT molecular complexity index is 116. The van der Waals surface area contributed by atoms with E-state index in [1.54, 1.807) is 0 Å². The van der Waals surface area contributed by atoms with Gasteiger partial charge >= 0.3 is 5.97 Å². The third-order valence-electron chi connectivity index (χ3n) is 1.07. The second-order valence-electron chi connectivity index (χ2n) is 2.24. The molecule has 0 unspecified atom stereocenters. The van der Waals surface area contributed by atoms with Crippen molar-refractivity contribution in [3.63, 3.8) is 0 Å². The number of aliphatic hydroxyl groups is 1. The molecule has 0 spiro atoms. The Hall–Kier alpha value is -0.280. The molecule has 11 heavy (non-hydrogen) atoms. The summed E-state index contributed by atoms with van der Waals surface area (Å²) in [5, 5.41) is 8.87. The van der Waals surface area contributed by atoms with Crippen molar-refractivity contribution in [1.29, 1.82) is 0 Å². The van der Waals surface area contributed by atoms with Crippen molar-refractivity contribution < 1.29 is 14.6 Å². The van der Waals surface area contributed by atoms with E-state index in [9.17, 15) is 4.79 Å². The van der Waals surface area contributed by atoms with E-state index in [2.05, 4.69) is 4.74 Å². The molecule has 0 saturated heterocycles. The van der Waals surface area contributed by atoms with E-state index in [-0.39, 0.29) is 18.5 Å². The summed E-state index contributed by atoms with van der Waals surface area (Å²) in [4.78, 5) is 10.7. The largest absolute Gasteiger partial charge is 0.463 e. The number of carbonyl (C=O) groups is 1. The van der Waals surface area contributed by atoms with E-state index in [1.165, 1.54) is 0 Å². The quantitative estimate of drug-likeness (QED) is 0.506. The Morgan fingerprint density at radius 3 is 2.82 bits per heavy atom. The zero-order chi connectivity index (χ0) is 8.69. The first kappa shape index (κ1) is 10.7. The van der Waals surface area contributed by atoms with Gasteiger partial charge in [0, 0.05) is 6.42 Å². The minimum Gasteiger partial charge on any atom is -0.463 e. The van der Waals surface area contributed by atoms with Gasteiger partial charge in [-0.3, -0.25) is 4.79 Å². The lowest BCUT2D eigenvalue weighted by atomic mass is 10.3. The molecular formula is C7H13ClO3. The number of halogens is 1. The molecule has 0 aliphatic carbocycles. The van der Waals surface area contributed by atoms with Gasteiger partial charge in [-0.1, -0.05) is 6.92 Å². The summed E-state index contributed by atoms with van der Waals surface area (Å²) < 4.78 is 4.66. The van der Waals surface area contributed by atoms with Gasteiger partial charge in [-0.2, -0.15) is 0 Å². The highest BCUT2D eigenvalue weighted by atomic mass is 35.5. The maximum atomic E-state index is 10.7. The van der Waals surface area contributed by atoms with Crippen LogP contribution in [0.1, 0.15) is 19.8 Å². The molecule has 3 nitrogen and oxygen atoms in total. The van der Waals surface area contributed by atoms with Crippen molar-refractivity contribution in [2.75, 3.05) is 12.5 Å². The number of rotatable bonds is 5. The summed E-state index contributed by atoms with van der Waals surface area (Å²) in [6, 6.07) is 0. The smallest absolute Gasteiger partial charge is 0.305 e. The van der Waals surface area contributed by atoms with Crippen molar-refractivity contribution in [3.05, 3.63) is 0 Å². The van der Waals surface area contributed by atoms with Gasteiger partial charge < -0.3 is 9.84 Å². The Labute approximate surface area is 71.3 Å². The molecule has 0 fully saturated rings. The molecule has 0 aromatic rings. The van der Waals surface area contributed by atoms with Crippen LogP contribution in [0.15, 0.2) is 0 Å². The van der Waals surface area contributed by atoms with Gasteiger partial charge in [0.2, 0.25) is 0 Å². The lowest BCUT2D eigenvalue weighted by Crippen LogP contribution is -2.19. The predicted octanol–water partition coefficient (Wildman–Crippen LogP) is 0.929. The summed E-state index contributed by atoms with van der Waals surface area (Å²) in [5.41, 5.74) is 0. The van der Waals surface area contributed by atoms with E-state index >= 15 is 0 Å². The number of hydrogen-bond acceptors (Lipinski definition) is 3. The highest BCUT2D eigenvalue weighted by Gasteiger charge is 2.05. The molecule has 66 valence electrons. The van der Waals surface area contributed by atoms with Gasteiger partial charge in [-0.15, -0.1) is 11.6 Å². The van der Waals surface area contributed by atoms with Crippen LogP contribution >= 0.6 is 11.6 Å². The van der Waals surface area contributed by atoms with Gasteiger partial charge in [0.05, 0.1) is 5.88 Å². The third kappa shape index (κ3) is 6.13. The minimum absolute atomic E-state index is 0.00231. The van der Waals surface area contributed by atoms with Crippen LogP contribution in [0, 0.1) is 0 Å². The SMILES string of the molecule is CCCC(=O)OC[C@H](O)CCl. The normalized spacial score (nSPS) is 12.6. The number of aliphatic hydroxyl groups excluding tert-OH is 1. The molecule has 0 amide bonds. The molecule has 0 radical (unpaired) electrons. The fourth-order valence-corrected chi connectivity index (χ4v) is 0.599. The van der Waals surface area contributed by atoms with Crippen molar-refractivity contribution in [2.24, 2.45) is 0 Å². The van der Waals surface area contributed by atoms with Gasteiger partial charge in [0.25, 0.3) is 0 Å². The molecule has 0 aliphatic rings. The Balaban J connectivity index is 3.30. The average Bonchev–Trinajstić information content (AvgIpc) is 2.01. The van der Waals surface area contributed by atoms with Crippen molar-refractivity contribution in [1.82, 2.24) is 0 Å². The molecule has 0 aliphatic heterocycles. The maximum absolute atomic E-state index is 10.7. The second kappa shape index (κ2) is 6.43. The van der Waals surface area contributed by atoms with Crippen LogP contribution in [0.2, 0.25) is 0 Å². The van der Waals surface area contributed by atoms with E-state index in [0.29, 0.717) is 6.42 Å². The van der Waals surface area contributed by atoms with Crippen LogP contribution in [0.25, 0.3) is 0 Å².